The molecule has 0 saturated carbocycles. The highest BCUT2D eigenvalue weighted by molar-refractivity contribution is 5.96. The van der Waals surface area contributed by atoms with Crippen molar-refractivity contribution in [1.29, 1.82) is 0 Å². The Kier molecular flexibility index (Phi) is 2.41. The molecular weight excluding hydrogens is 242 g/mol. The fourth-order valence-corrected chi connectivity index (χ4v) is 3.97. The lowest BCUT2D eigenvalue weighted by molar-refractivity contribution is 0.125. The van der Waals surface area contributed by atoms with Gasteiger partial charge >= 0.3 is 0 Å². The van der Waals surface area contributed by atoms with Crippen LogP contribution in [0, 0.1) is 5.41 Å². The Morgan fingerprint density at radius 2 is 1.45 bits per heavy atom. The van der Waals surface area contributed by atoms with Crippen LogP contribution >= 0.6 is 0 Å². The van der Waals surface area contributed by atoms with Crippen molar-refractivity contribution in [2.75, 3.05) is 5.73 Å². The van der Waals surface area contributed by atoms with Crippen LogP contribution in [0.2, 0.25) is 0 Å². The van der Waals surface area contributed by atoms with E-state index < -0.39 is 0 Å². The molecule has 2 aromatic rings. The molecule has 0 saturated heterocycles. The Balaban J connectivity index is 2.50. The van der Waals surface area contributed by atoms with E-state index in [9.17, 15) is 0 Å². The molecule has 0 bridgehead atoms. The smallest absolute Gasteiger partial charge is 0.0434 e. The predicted molar refractivity (Wildman–Crippen MR) is 88.2 cm³/mol. The first-order valence-electron chi connectivity index (χ1n) is 7.44. The van der Waals surface area contributed by atoms with Gasteiger partial charge in [-0.05, 0) is 32.8 Å². The lowest BCUT2D eigenvalue weighted by Gasteiger charge is -2.44. The molecule has 0 aliphatic heterocycles. The summed E-state index contributed by atoms with van der Waals surface area (Å²) in [6.07, 6.45) is 0. The van der Waals surface area contributed by atoms with Gasteiger partial charge in [0, 0.05) is 11.1 Å². The first kappa shape index (κ1) is 13.5. The van der Waals surface area contributed by atoms with Crippen LogP contribution in [-0.2, 0) is 10.8 Å². The number of anilines is 1. The van der Waals surface area contributed by atoms with Crippen LogP contribution in [0.1, 0.15) is 52.7 Å². The lowest BCUT2D eigenvalue weighted by Crippen LogP contribution is -2.42. The monoisotopic (exact) mass is 267 g/mol. The fraction of sp³-hybridized carbons (Fsp3) is 0.474. The Labute approximate surface area is 122 Å². The van der Waals surface area contributed by atoms with Gasteiger partial charge in [0.05, 0.1) is 0 Å². The van der Waals surface area contributed by atoms with Gasteiger partial charge in [0.25, 0.3) is 0 Å². The van der Waals surface area contributed by atoms with E-state index in [1.807, 2.05) is 0 Å². The number of nitrogens with two attached hydrogens (primary N) is 1. The van der Waals surface area contributed by atoms with Gasteiger partial charge in [0.2, 0.25) is 0 Å². The molecule has 0 aromatic heterocycles. The van der Waals surface area contributed by atoms with Crippen molar-refractivity contribution >= 4 is 16.5 Å². The highest BCUT2D eigenvalue weighted by Gasteiger charge is 2.57. The zero-order valence-electron chi connectivity index (χ0n) is 13.5. The molecule has 0 amide bonds. The van der Waals surface area contributed by atoms with E-state index in [1.54, 1.807) is 0 Å². The zero-order valence-corrected chi connectivity index (χ0v) is 13.5. The van der Waals surface area contributed by atoms with Gasteiger partial charge in [-0.3, -0.25) is 0 Å². The standard InChI is InChI=1S/C19H25N/c1-17(2)14-11-12-9-7-8-10-13(12)16(20)15(14)18(3,4)19(17,5)6/h7-11H,20H2,1-6H3. The van der Waals surface area contributed by atoms with Crippen molar-refractivity contribution in [2.24, 2.45) is 5.41 Å². The van der Waals surface area contributed by atoms with Crippen LogP contribution in [0.3, 0.4) is 0 Å². The molecule has 0 heterocycles. The minimum Gasteiger partial charge on any atom is -0.398 e. The van der Waals surface area contributed by atoms with Crippen LogP contribution in [0.4, 0.5) is 5.69 Å². The summed E-state index contributed by atoms with van der Waals surface area (Å²) in [5.74, 6) is 0. The van der Waals surface area contributed by atoms with Crippen LogP contribution in [0.25, 0.3) is 10.8 Å². The van der Waals surface area contributed by atoms with Gasteiger partial charge in [-0.25, -0.2) is 0 Å². The summed E-state index contributed by atoms with van der Waals surface area (Å²) in [4.78, 5) is 0. The van der Waals surface area contributed by atoms with E-state index in [2.05, 4.69) is 71.9 Å². The van der Waals surface area contributed by atoms with E-state index >= 15 is 0 Å². The molecule has 20 heavy (non-hydrogen) atoms. The summed E-state index contributed by atoms with van der Waals surface area (Å²) in [7, 11) is 0. The Morgan fingerprint density at radius 1 is 0.850 bits per heavy atom. The van der Waals surface area contributed by atoms with E-state index in [1.165, 1.54) is 21.9 Å². The Morgan fingerprint density at radius 3 is 2.10 bits per heavy atom. The van der Waals surface area contributed by atoms with Gasteiger partial charge in [0.15, 0.2) is 0 Å². The van der Waals surface area contributed by atoms with Crippen LogP contribution < -0.4 is 5.73 Å². The second-order valence-electron chi connectivity index (χ2n) is 7.81. The summed E-state index contributed by atoms with van der Waals surface area (Å²) >= 11 is 0. The number of benzene rings is 2. The van der Waals surface area contributed by atoms with Gasteiger partial charge in [-0.1, -0.05) is 71.9 Å². The molecule has 1 aliphatic carbocycles. The molecule has 0 spiro atoms. The van der Waals surface area contributed by atoms with Crippen molar-refractivity contribution < 1.29 is 0 Å². The molecule has 1 aliphatic rings. The number of hydrogen-bond acceptors (Lipinski definition) is 1. The molecule has 2 N–H and O–H groups in total. The molecule has 0 fully saturated rings. The summed E-state index contributed by atoms with van der Waals surface area (Å²) in [5.41, 5.74) is 10.7. The zero-order chi connectivity index (χ0) is 14.9. The number of hydrogen-bond donors (Lipinski definition) is 1. The highest BCUT2D eigenvalue weighted by Crippen LogP contribution is 2.63. The maximum Gasteiger partial charge on any atom is 0.0434 e. The highest BCUT2D eigenvalue weighted by atomic mass is 14.7. The quantitative estimate of drug-likeness (QED) is 0.667. The minimum absolute atomic E-state index is 0.0694. The van der Waals surface area contributed by atoms with Crippen molar-refractivity contribution in [1.82, 2.24) is 0 Å². The van der Waals surface area contributed by atoms with Crippen molar-refractivity contribution in [3.05, 3.63) is 41.5 Å². The normalized spacial score (nSPS) is 21.9. The Hall–Kier alpha value is -1.50. The maximum absolute atomic E-state index is 6.59. The third-order valence-corrected chi connectivity index (χ3v) is 6.51. The summed E-state index contributed by atoms with van der Waals surface area (Å²) in [6, 6.07) is 10.8. The summed E-state index contributed by atoms with van der Waals surface area (Å²) in [5, 5.41) is 2.44. The molecule has 106 valence electrons. The number of fused-ring (bicyclic) bond motifs is 2. The molecule has 1 nitrogen and oxygen atoms in total. The first-order valence-corrected chi connectivity index (χ1v) is 7.44. The summed E-state index contributed by atoms with van der Waals surface area (Å²) < 4.78 is 0. The molecule has 0 atom stereocenters. The third kappa shape index (κ3) is 1.29. The largest absolute Gasteiger partial charge is 0.398 e. The van der Waals surface area contributed by atoms with E-state index in [4.69, 9.17) is 5.73 Å². The topological polar surface area (TPSA) is 26.0 Å². The summed E-state index contributed by atoms with van der Waals surface area (Å²) in [6.45, 7) is 14.1. The van der Waals surface area contributed by atoms with Gasteiger partial charge in [-0.2, -0.15) is 0 Å². The minimum atomic E-state index is 0.0694. The van der Waals surface area contributed by atoms with E-state index in [0.29, 0.717) is 0 Å². The Bertz CT molecular complexity index is 705. The van der Waals surface area contributed by atoms with E-state index in [0.717, 1.165) is 5.69 Å². The third-order valence-electron chi connectivity index (χ3n) is 6.51. The average molecular weight is 267 g/mol. The second-order valence-corrected chi connectivity index (χ2v) is 7.81. The molecule has 0 radical (unpaired) electrons. The number of nitrogen functional groups attached to an aromatic ring is 1. The molecular formula is C19H25N. The molecule has 3 rings (SSSR count). The van der Waals surface area contributed by atoms with Gasteiger partial charge < -0.3 is 5.73 Å². The molecule has 1 heteroatoms. The fourth-order valence-electron chi connectivity index (χ4n) is 3.97. The van der Waals surface area contributed by atoms with Crippen LogP contribution in [-0.4, -0.2) is 0 Å². The predicted octanol–water partition coefficient (Wildman–Crippen LogP) is 5.02. The second kappa shape index (κ2) is 3.58. The first-order chi connectivity index (χ1) is 9.12. The van der Waals surface area contributed by atoms with Crippen LogP contribution in [0.5, 0.6) is 0 Å². The maximum atomic E-state index is 6.59. The van der Waals surface area contributed by atoms with Crippen molar-refractivity contribution in [2.45, 2.75) is 52.4 Å². The molecule has 0 unspecified atom stereocenters. The van der Waals surface area contributed by atoms with Crippen LogP contribution in [0.15, 0.2) is 30.3 Å². The van der Waals surface area contributed by atoms with Crippen molar-refractivity contribution in [3.8, 4) is 0 Å². The number of rotatable bonds is 0. The van der Waals surface area contributed by atoms with E-state index in [-0.39, 0.29) is 16.2 Å². The molecule has 2 aromatic carbocycles. The van der Waals surface area contributed by atoms with Crippen molar-refractivity contribution in [3.63, 3.8) is 0 Å². The lowest BCUT2D eigenvalue weighted by atomic mass is 9.59. The SMILES string of the molecule is CC1(C)c2cc3ccccc3c(N)c2C(C)(C)C1(C)C. The average Bonchev–Trinajstić information content (AvgIpc) is 2.46. The van der Waals surface area contributed by atoms with Gasteiger partial charge in [0.1, 0.15) is 0 Å². The van der Waals surface area contributed by atoms with Gasteiger partial charge in [-0.15, -0.1) is 0 Å².